The molecule has 3 aromatic rings. The highest BCUT2D eigenvalue weighted by atomic mass is 16.1. The van der Waals surface area contributed by atoms with Crippen LogP contribution in [0.1, 0.15) is 65.8 Å². The summed E-state index contributed by atoms with van der Waals surface area (Å²) in [6.07, 6.45) is 8.77. The number of rotatable bonds is 3. The van der Waals surface area contributed by atoms with E-state index in [0.29, 0.717) is 5.56 Å². The number of amides is 1. The molecule has 0 spiro atoms. The Morgan fingerprint density at radius 2 is 1.86 bits per heavy atom. The number of hydrogen-bond donors (Lipinski definition) is 1. The molecule has 1 aliphatic rings. The average Bonchev–Trinajstić information content (AvgIpc) is 2.82. The summed E-state index contributed by atoms with van der Waals surface area (Å²) >= 11 is 0. The fraction of sp³-hybridized carbons (Fsp3) is 0.435. The summed E-state index contributed by atoms with van der Waals surface area (Å²) in [5, 5.41) is 7.92. The molecule has 0 bridgehead atoms. The van der Waals surface area contributed by atoms with Gasteiger partial charge in [-0.2, -0.15) is 5.10 Å². The van der Waals surface area contributed by atoms with Crippen LogP contribution in [-0.4, -0.2) is 26.5 Å². The third-order valence-corrected chi connectivity index (χ3v) is 5.80. The highest BCUT2D eigenvalue weighted by Gasteiger charge is 2.21. The van der Waals surface area contributed by atoms with Crippen LogP contribution in [0.2, 0.25) is 0 Å². The van der Waals surface area contributed by atoms with Gasteiger partial charge in [0.15, 0.2) is 5.65 Å². The Hall–Kier alpha value is -2.69. The van der Waals surface area contributed by atoms with E-state index in [1.807, 2.05) is 18.4 Å². The van der Waals surface area contributed by atoms with Gasteiger partial charge in [-0.3, -0.25) is 4.79 Å². The fourth-order valence-electron chi connectivity index (χ4n) is 4.25. The summed E-state index contributed by atoms with van der Waals surface area (Å²) < 4.78 is 1.81. The van der Waals surface area contributed by atoms with Crippen molar-refractivity contribution in [2.24, 2.45) is 0 Å². The smallest absolute Gasteiger partial charge is 0.254 e. The van der Waals surface area contributed by atoms with Crippen molar-refractivity contribution in [3.63, 3.8) is 0 Å². The molecule has 1 aromatic carbocycles. The maximum atomic E-state index is 12.9. The van der Waals surface area contributed by atoms with Crippen molar-refractivity contribution in [2.45, 2.75) is 65.3 Å². The molecule has 146 valence electrons. The van der Waals surface area contributed by atoms with Crippen molar-refractivity contribution in [3.8, 4) is 11.1 Å². The van der Waals surface area contributed by atoms with E-state index in [9.17, 15) is 4.79 Å². The quantitative estimate of drug-likeness (QED) is 0.670. The van der Waals surface area contributed by atoms with Gasteiger partial charge in [0, 0.05) is 17.8 Å². The standard InChI is InChI=1S/C23H28N4O/c1-15-9-8-10-18(13-15)21-16(2)26-27-17(3)20(14-24-22(21)27)23(28)25-19-11-6-4-5-7-12-19/h8-10,13-14,19H,4-7,11-12H2,1-3H3,(H,25,28). The van der Waals surface area contributed by atoms with Gasteiger partial charge < -0.3 is 5.32 Å². The summed E-state index contributed by atoms with van der Waals surface area (Å²) in [4.78, 5) is 17.5. The summed E-state index contributed by atoms with van der Waals surface area (Å²) in [6, 6.07) is 8.63. The Kier molecular flexibility index (Phi) is 5.16. The zero-order valence-electron chi connectivity index (χ0n) is 17.0. The zero-order chi connectivity index (χ0) is 19.7. The molecular formula is C23H28N4O. The topological polar surface area (TPSA) is 59.3 Å². The van der Waals surface area contributed by atoms with Gasteiger partial charge >= 0.3 is 0 Å². The van der Waals surface area contributed by atoms with Crippen LogP contribution in [0.4, 0.5) is 0 Å². The van der Waals surface area contributed by atoms with Gasteiger partial charge in [-0.25, -0.2) is 9.50 Å². The second-order valence-corrected chi connectivity index (χ2v) is 7.98. The van der Waals surface area contributed by atoms with Crippen LogP contribution in [0.5, 0.6) is 0 Å². The number of benzene rings is 1. The van der Waals surface area contributed by atoms with Crippen molar-refractivity contribution in [2.75, 3.05) is 0 Å². The van der Waals surface area contributed by atoms with Crippen LogP contribution < -0.4 is 5.32 Å². The van der Waals surface area contributed by atoms with Crippen molar-refractivity contribution in [3.05, 3.63) is 53.0 Å². The molecule has 0 saturated heterocycles. The van der Waals surface area contributed by atoms with E-state index in [4.69, 9.17) is 5.10 Å². The maximum absolute atomic E-state index is 12.9. The van der Waals surface area contributed by atoms with Crippen LogP contribution in [0.3, 0.4) is 0 Å². The van der Waals surface area contributed by atoms with E-state index in [1.54, 1.807) is 6.20 Å². The largest absolute Gasteiger partial charge is 0.349 e. The van der Waals surface area contributed by atoms with E-state index in [2.05, 4.69) is 41.5 Å². The van der Waals surface area contributed by atoms with E-state index in [-0.39, 0.29) is 11.9 Å². The summed E-state index contributed by atoms with van der Waals surface area (Å²) in [7, 11) is 0. The van der Waals surface area contributed by atoms with Gasteiger partial charge in [0.2, 0.25) is 0 Å². The van der Waals surface area contributed by atoms with E-state index < -0.39 is 0 Å². The zero-order valence-corrected chi connectivity index (χ0v) is 17.0. The number of aromatic nitrogens is 3. The van der Waals surface area contributed by atoms with Crippen LogP contribution >= 0.6 is 0 Å². The molecule has 2 heterocycles. The van der Waals surface area contributed by atoms with Gasteiger partial charge in [0.05, 0.1) is 17.0 Å². The predicted molar refractivity (Wildman–Crippen MR) is 112 cm³/mol. The normalized spacial score (nSPS) is 15.5. The minimum atomic E-state index is -0.0379. The number of aryl methyl sites for hydroxylation is 3. The number of hydrogen-bond acceptors (Lipinski definition) is 3. The lowest BCUT2D eigenvalue weighted by atomic mass is 10.0. The van der Waals surface area contributed by atoms with Gasteiger partial charge in [0.1, 0.15) is 0 Å². The molecule has 0 unspecified atom stereocenters. The van der Waals surface area contributed by atoms with Gasteiger partial charge in [0.25, 0.3) is 5.91 Å². The summed E-state index contributed by atoms with van der Waals surface area (Å²) in [5.41, 5.74) is 6.49. The molecule has 28 heavy (non-hydrogen) atoms. The first-order valence-corrected chi connectivity index (χ1v) is 10.3. The second kappa shape index (κ2) is 7.74. The van der Waals surface area contributed by atoms with Crippen LogP contribution in [0, 0.1) is 20.8 Å². The van der Waals surface area contributed by atoms with Crippen molar-refractivity contribution in [1.29, 1.82) is 0 Å². The lowest BCUT2D eigenvalue weighted by Gasteiger charge is -2.17. The van der Waals surface area contributed by atoms with E-state index in [0.717, 1.165) is 41.0 Å². The molecule has 1 fully saturated rings. The fourth-order valence-corrected chi connectivity index (χ4v) is 4.25. The molecule has 1 saturated carbocycles. The molecule has 1 aliphatic carbocycles. The van der Waals surface area contributed by atoms with Crippen LogP contribution in [-0.2, 0) is 0 Å². The molecule has 0 aliphatic heterocycles. The van der Waals surface area contributed by atoms with Crippen LogP contribution in [0.15, 0.2) is 30.5 Å². The minimum Gasteiger partial charge on any atom is -0.349 e. The third kappa shape index (κ3) is 3.53. The number of fused-ring (bicyclic) bond motifs is 1. The van der Waals surface area contributed by atoms with Gasteiger partial charge in [-0.15, -0.1) is 0 Å². The molecule has 0 atom stereocenters. The first-order valence-electron chi connectivity index (χ1n) is 10.3. The van der Waals surface area contributed by atoms with Crippen molar-refractivity contribution < 1.29 is 4.79 Å². The summed E-state index contributed by atoms with van der Waals surface area (Å²) in [5.74, 6) is -0.0379. The molecule has 4 rings (SSSR count). The van der Waals surface area contributed by atoms with E-state index >= 15 is 0 Å². The Morgan fingerprint density at radius 1 is 1.11 bits per heavy atom. The molecule has 1 N–H and O–H groups in total. The first-order chi connectivity index (χ1) is 13.5. The molecular weight excluding hydrogens is 348 g/mol. The molecule has 1 amide bonds. The number of nitrogens with zero attached hydrogens (tertiary/aromatic N) is 3. The Bertz CT molecular complexity index is 1010. The lowest BCUT2D eigenvalue weighted by molar-refractivity contribution is 0.0931. The predicted octanol–water partition coefficient (Wildman–Crippen LogP) is 4.77. The van der Waals surface area contributed by atoms with E-state index in [1.165, 1.54) is 31.2 Å². The average molecular weight is 377 g/mol. The maximum Gasteiger partial charge on any atom is 0.254 e. The monoisotopic (exact) mass is 376 g/mol. The number of carbonyl (C=O) groups excluding carboxylic acids is 1. The first kappa shape index (κ1) is 18.7. The minimum absolute atomic E-state index is 0.0379. The molecule has 2 aromatic heterocycles. The van der Waals surface area contributed by atoms with Crippen molar-refractivity contribution >= 4 is 11.6 Å². The molecule has 5 nitrogen and oxygen atoms in total. The van der Waals surface area contributed by atoms with Gasteiger partial charge in [-0.1, -0.05) is 55.5 Å². The molecule has 0 radical (unpaired) electrons. The van der Waals surface area contributed by atoms with Gasteiger partial charge in [-0.05, 0) is 39.2 Å². The third-order valence-electron chi connectivity index (χ3n) is 5.80. The lowest BCUT2D eigenvalue weighted by Crippen LogP contribution is -2.35. The SMILES string of the molecule is Cc1cccc(-c2c(C)nn3c(C)c(C(=O)NC4CCCCCC4)cnc23)c1. The highest BCUT2D eigenvalue weighted by molar-refractivity contribution is 5.95. The Labute approximate surface area is 166 Å². The summed E-state index contributed by atoms with van der Waals surface area (Å²) in [6.45, 7) is 6.03. The van der Waals surface area contributed by atoms with Crippen LogP contribution in [0.25, 0.3) is 16.8 Å². The Balaban J connectivity index is 1.69. The number of nitrogens with one attached hydrogen (secondary N) is 1. The molecule has 5 heteroatoms. The van der Waals surface area contributed by atoms with Crippen molar-refractivity contribution in [1.82, 2.24) is 19.9 Å². The highest BCUT2D eigenvalue weighted by Crippen LogP contribution is 2.29. The number of carbonyl (C=O) groups is 1. The second-order valence-electron chi connectivity index (χ2n) is 7.98. The Morgan fingerprint density at radius 3 is 2.57 bits per heavy atom.